The number of nitrogens with two attached hydrogens (primary N) is 1. The Morgan fingerprint density at radius 1 is 1.67 bits per heavy atom. The highest BCUT2D eigenvalue weighted by Gasteiger charge is 2.18. The third-order valence-corrected chi connectivity index (χ3v) is 2.00. The van der Waals surface area contributed by atoms with Gasteiger partial charge in [0.15, 0.2) is 0 Å². The number of hydrogen-bond donors (Lipinski definition) is 2. The molecule has 0 saturated carbocycles. The van der Waals surface area contributed by atoms with Crippen LogP contribution in [0.3, 0.4) is 0 Å². The van der Waals surface area contributed by atoms with E-state index in [-0.39, 0.29) is 0 Å². The summed E-state index contributed by atoms with van der Waals surface area (Å²) in [6, 6.07) is 0. The fourth-order valence-corrected chi connectivity index (χ4v) is 1.18. The van der Waals surface area contributed by atoms with Crippen LogP contribution in [0.25, 0.3) is 0 Å². The van der Waals surface area contributed by atoms with Crippen molar-refractivity contribution in [3.05, 3.63) is 0 Å². The molecule has 54 valence electrons. The minimum absolute atomic E-state index is 0.720. The highest BCUT2D eigenvalue weighted by Crippen LogP contribution is 2.14. The highest BCUT2D eigenvalue weighted by atomic mass is 14.9. The van der Waals surface area contributed by atoms with Crippen molar-refractivity contribution in [2.24, 2.45) is 17.6 Å². The molecule has 2 heteroatoms. The van der Waals surface area contributed by atoms with Gasteiger partial charge in [-0.25, -0.2) is 0 Å². The van der Waals surface area contributed by atoms with Gasteiger partial charge in [0.05, 0.1) is 0 Å². The van der Waals surface area contributed by atoms with Crippen molar-refractivity contribution < 1.29 is 0 Å². The lowest BCUT2D eigenvalue weighted by Crippen LogP contribution is -2.43. The average molecular weight is 128 g/mol. The lowest BCUT2D eigenvalue weighted by atomic mass is 9.92. The average Bonchev–Trinajstić information content (AvgIpc) is 1.78. The van der Waals surface area contributed by atoms with Crippen LogP contribution in [0, 0.1) is 11.8 Å². The molecule has 0 aromatic heterocycles. The third-order valence-electron chi connectivity index (χ3n) is 2.00. The van der Waals surface area contributed by atoms with Gasteiger partial charge in [0.2, 0.25) is 0 Å². The van der Waals surface area contributed by atoms with E-state index in [1.165, 1.54) is 19.5 Å². The van der Waals surface area contributed by atoms with Crippen molar-refractivity contribution in [2.75, 3.05) is 19.6 Å². The van der Waals surface area contributed by atoms with Crippen molar-refractivity contribution in [1.29, 1.82) is 0 Å². The molecule has 1 unspecified atom stereocenters. The van der Waals surface area contributed by atoms with Crippen LogP contribution in [0.1, 0.15) is 13.3 Å². The van der Waals surface area contributed by atoms with E-state index in [1.807, 2.05) is 0 Å². The van der Waals surface area contributed by atoms with Gasteiger partial charge in [0, 0.05) is 0 Å². The molecule has 9 heavy (non-hydrogen) atoms. The molecule has 1 rings (SSSR count). The molecule has 2 nitrogen and oxygen atoms in total. The molecular formula is C7H16N2. The molecule has 0 aromatic rings. The molecule has 0 spiro atoms. The van der Waals surface area contributed by atoms with Gasteiger partial charge in [-0.15, -0.1) is 0 Å². The summed E-state index contributed by atoms with van der Waals surface area (Å²) in [6.45, 7) is 5.49. The monoisotopic (exact) mass is 128 g/mol. The van der Waals surface area contributed by atoms with E-state index in [4.69, 9.17) is 5.73 Å². The Balaban J connectivity index is 2.01. The van der Waals surface area contributed by atoms with Gasteiger partial charge in [0.25, 0.3) is 0 Å². The molecule has 1 aliphatic heterocycles. The topological polar surface area (TPSA) is 38.0 Å². The number of rotatable bonds is 3. The molecule has 0 amide bonds. The predicted molar refractivity (Wildman–Crippen MR) is 39.2 cm³/mol. The van der Waals surface area contributed by atoms with Crippen LogP contribution in [-0.4, -0.2) is 19.6 Å². The Labute approximate surface area is 56.8 Å². The zero-order chi connectivity index (χ0) is 6.69. The maximum Gasteiger partial charge on any atom is -0.000815 e. The van der Waals surface area contributed by atoms with Crippen LogP contribution in [0.5, 0.6) is 0 Å². The van der Waals surface area contributed by atoms with Gasteiger partial charge < -0.3 is 11.1 Å². The van der Waals surface area contributed by atoms with Crippen LogP contribution >= 0.6 is 0 Å². The summed E-state index contributed by atoms with van der Waals surface area (Å²) in [5.74, 6) is 1.64. The Morgan fingerprint density at radius 2 is 2.33 bits per heavy atom. The zero-order valence-corrected chi connectivity index (χ0v) is 6.06. The van der Waals surface area contributed by atoms with Crippen molar-refractivity contribution in [2.45, 2.75) is 13.3 Å². The van der Waals surface area contributed by atoms with Crippen LogP contribution in [-0.2, 0) is 0 Å². The van der Waals surface area contributed by atoms with E-state index in [2.05, 4.69) is 12.2 Å². The smallest absolute Gasteiger partial charge is 0.000815 e. The van der Waals surface area contributed by atoms with E-state index < -0.39 is 0 Å². The molecular weight excluding hydrogens is 112 g/mol. The standard InChI is InChI=1S/C7H16N2/c1-6(3-8)2-7-4-9-5-7/h6-7,9H,2-5,8H2,1H3. The summed E-state index contributed by atoms with van der Waals surface area (Å²) in [5, 5.41) is 3.25. The fourth-order valence-electron chi connectivity index (χ4n) is 1.18. The van der Waals surface area contributed by atoms with Crippen molar-refractivity contribution in [3.8, 4) is 0 Å². The summed E-state index contributed by atoms with van der Waals surface area (Å²) in [7, 11) is 0. The molecule has 1 heterocycles. The van der Waals surface area contributed by atoms with Gasteiger partial charge in [-0.3, -0.25) is 0 Å². The Morgan fingerprint density at radius 3 is 2.67 bits per heavy atom. The first-order valence-corrected chi connectivity index (χ1v) is 3.73. The van der Waals surface area contributed by atoms with E-state index in [1.54, 1.807) is 0 Å². The van der Waals surface area contributed by atoms with Crippen molar-refractivity contribution >= 4 is 0 Å². The molecule has 1 atom stereocenters. The van der Waals surface area contributed by atoms with E-state index in [9.17, 15) is 0 Å². The minimum atomic E-state index is 0.720. The second-order valence-electron chi connectivity index (χ2n) is 3.10. The highest BCUT2D eigenvalue weighted by molar-refractivity contribution is 4.76. The number of nitrogens with one attached hydrogen (secondary N) is 1. The maximum absolute atomic E-state index is 5.48. The van der Waals surface area contributed by atoms with Crippen LogP contribution in [0.4, 0.5) is 0 Å². The molecule has 0 aliphatic carbocycles. The largest absolute Gasteiger partial charge is 0.330 e. The lowest BCUT2D eigenvalue weighted by molar-refractivity contribution is 0.287. The number of hydrogen-bond acceptors (Lipinski definition) is 2. The van der Waals surface area contributed by atoms with Gasteiger partial charge in [0.1, 0.15) is 0 Å². The molecule has 0 radical (unpaired) electrons. The van der Waals surface area contributed by atoms with Crippen molar-refractivity contribution in [1.82, 2.24) is 5.32 Å². The first-order valence-electron chi connectivity index (χ1n) is 3.73. The minimum Gasteiger partial charge on any atom is -0.330 e. The first-order chi connectivity index (χ1) is 4.33. The second kappa shape index (κ2) is 3.18. The van der Waals surface area contributed by atoms with E-state index in [0.717, 1.165) is 18.4 Å². The van der Waals surface area contributed by atoms with Gasteiger partial charge in [-0.1, -0.05) is 6.92 Å². The normalized spacial score (nSPS) is 23.3. The Kier molecular flexibility index (Phi) is 2.49. The summed E-state index contributed by atoms with van der Waals surface area (Å²) < 4.78 is 0. The van der Waals surface area contributed by atoms with Crippen molar-refractivity contribution in [3.63, 3.8) is 0 Å². The summed E-state index contributed by atoms with van der Waals surface area (Å²) in [5.41, 5.74) is 5.48. The van der Waals surface area contributed by atoms with E-state index in [0.29, 0.717) is 0 Å². The molecule has 3 N–H and O–H groups in total. The molecule has 1 aliphatic rings. The molecule has 1 saturated heterocycles. The third kappa shape index (κ3) is 1.95. The Hall–Kier alpha value is -0.0800. The Bertz CT molecular complexity index is 76.2. The zero-order valence-electron chi connectivity index (χ0n) is 6.06. The fraction of sp³-hybridized carbons (Fsp3) is 1.00. The van der Waals surface area contributed by atoms with Gasteiger partial charge >= 0.3 is 0 Å². The first kappa shape index (κ1) is 7.03. The van der Waals surface area contributed by atoms with E-state index >= 15 is 0 Å². The quantitative estimate of drug-likeness (QED) is 0.569. The summed E-state index contributed by atoms with van der Waals surface area (Å²) in [4.78, 5) is 0. The van der Waals surface area contributed by atoms with Crippen LogP contribution in [0.2, 0.25) is 0 Å². The maximum atomic E-state index is 5.48. The SMILES string of the molecule is CC(CN)CC1CNC1. The van der Waals surface area contributed by atoms with Crippen LogP contribution < -0.4 is 11.1 Å². The summed E-state index contributed by atoms with van der Waals surface area (Å²) in [6.07, 6.45) is 1.31. The van der Waals surface area contributed by atoms with Crippen LogP contribution in [0.15, 0.2) is 0 Å². The molecule has 0 bridgehead atoms. The lowest BCUT2D eigenvalue weighted by Gasteiger charge is -2.29. The van der Waals surface area contributed by atoms with Gasteiger partial charge in [-0.2, -0.15) is 0 Å². The molecule has 1 fully saturated rings. The second-order valence-corrected chi connectivity index (χ2v) is 3.10. The predicted octanol–water partition coefficient (Wildman–Crippen LogP) is 0.191. The molecule has 0 aromatic carbocycles. The summed E-state index contributed by atoms with van der Waals surface area (Å²) >= 11 is 0. The van der Waals surface area contributed by atoms with Gasteiger partial charge in [-0.05, 0) is 37.9 Å².